The van der Waals surface area contributed by atoms with Crippen molar-refractivity contribution in [1.82, 2.24) is 5.32 Å². The van der Waals surface area contributed by atoms with Crippen LogP contribution in [0.4, 0.5) is 0 Å². The Morgan fingerprint density at radius 3 is 3.27 bits per heavy atom. The van der Waals surface area contributed by atoms with Gasteiger partial charge in [-0.05, 0) is 0 Å². The van der Waals surface area contributed by atoms with Crippen LogP contribution >= 0.6 is 0 Å². The Morgan fingerprint density at radius 2 is 2.47 bits per heavy atom. The minimum absolute atomic E-state index is 0.945. The molecule has 1 fully saturated rings. The van der Waals surface area contributed by atoms with E-state index in [4.69, 9.17) is 0 Å². The SMILES string of the molecule is C=[N+]1CCC2=C(C3=CCNC3)[N-]C=C[C-]21. The van der Waals surface area contributed by atoms with Gasteiger partial charge in [0.25, 0.3) is 0 Å². The minimum atomic E-state index is 0.945. The second-order valence-corrected chi connectivity index (χ2v) is 4.03. The maximum Gasteiger partial charge on any atom is 0.133 e. The summed E-state index contributed by atoms with van der Waals surface area (Å²) in [6.07, 6.45) is 7.24. The highest BCUT2D eigenvalue weighted by atomic mass is 15.1. The van der Waals surface area contributed by atoms with Crippen molar-refractivity contribution in [1.29, 1.82) is 0 Å². The lowest BCUT2D eigenvalue weighted by Gasteiger charge is -2.36. The Bertz CT molecular complexity index is 401. The van der Waals surface area contributed by atoms with Crippen LogP contribution in [0.5, 0.6) is 0 Å². The fraction of sp³-hybridized carbons (Fsp3) is 0.333. The third-order valence-corrected chi connectivity index (χ3v) is 3.12. The van der Waals surface area contributed by atoms with Gasteiger partial charge in [0.05, 0.1) is 6.72 Å². The maximum absolute atomic E-state index is 4.50. The van der Waals surface area contributed by atoms with E-state index in [1.807, 2.05) is 6.20 Å². The van der Waals surface area contributed by atoms with Crippen molar-refractivity contribution in [3.63, 3.8) is 0 Å². The molecule has 0 radical (unpaired) electrons. The lowest BCUT2D eigenvalue weighted by Crippen LogP contribution is -2.13. The van der Waals surface area contributed by atoms with Gasteiger partial charge in [0.15, 0.2) is 0 Å². The van der Waals surface area contributed by atoms with Gasteiger partial charge in [-0.1, -0.05) is 23.3 Å². The predicted octanol–water partition coefficient (Wildman–Crippen LogP) is 1.32. The zero-order valence-corrected chi connectivity index (χ0v) is 8.66. The van der Waals surface area contributed by atoms with Crippen LogP contribution in [0, 0.1) is 6.04 Å². The molecule has 3 aliphatic heterocycles. The lowest BCUT2D eigenvalue weighted by atomic mass is 9.98. The van der Waals surface area contributed by atoms with E-state index in [1.54, 1.807) is 0 Å². The number of hydrogen-bond acceptors (Lipinski definition) is 1. The van der Waals surface area contributed by atoms with Gasteiger partial charge < -0.3 is 10.6 Å². The van der Waals surface area contributed by atoms with Gasteiger partial charge in [-0.25, -0.2) is 5.70 Å². The quantitative estimate of drug-likeness (QED) is 0.502. The first-order chi connectivity index (χ1) is 7.36. The van der Waals surface area contributed by atoms with Crippen LogP contribution in [0.1, 0.15) is 6.42 Å². The molecule has 3 rings (SSSR count). The molecule has 1 N–H and O–H groups in total. The molecule has 3 aliphatic rings. The molecule has 0 amide bonds. The fourth-order valence-corrected chi connectivity index (χ4v) is 2.32. The van der Waals surface area contributed by atoms with Gasteiger partial charge in [0.2, 0.25) is 0 Å². The summed E-state index contributed by atoms with van der Waals surface area (Å²) in [6.45, 7) is 6.94. The van der Waals surface area contributed by atoms with Gasteiger partial charge >= 0.3 is 0 Å². The monoisotopic (exact) mass is 200 g/mol. The van der Waals surface area contributed by atoms with Crippen LogP contribution < -0.4 is 5.32 Å². The summed E-state index contributed by atoms with van der Waals surface area (Å²) >= 11 is 0. The lowest BCUT2D eigenvalue weighted by molar-refractivity contribution is -0.475. The summed E-state index contributed by atoms with van der Waals surface area (Å²) in [5, 5.41) is 7.82. The molecule has 3 heterocycles. The number of nitrogens with zero attached hydrogens (tertiary/aromatic N) is 2. The molecule has 0 aromatic heterocycles. The number of hydrogen-bond donors (Lipinski definition) is 1. The zero-order valence-electron chi connectivity index (χ0n) is 8.66. The molecule has 0 aliphatic carbocycles. The first-order valence-corrected chi connectivity index (χ1v) is 5.32. The molecule has 0 aromatic carbocycles. The van der Waals surface area contributed by atoms with Gasteiger partial charge in [0, 0.05) is 19.5 Å². The molecular weight excluding hydrogens is 186 g/mol. The van der Waals surface area contributed by atoms with E-state index in [1.165, 1.54) is 22.9 Å². The minimum Gasteiger partial charge on any atom is -0.750 e. The molecule has 1 saturated heterocycles. The molecule has 0 bridgehead atoms. The second kappa shape index (κ2) is 3.28. The number of nitrogens with one attached hydrogen (secondary N) is 1. The predicted molar refractivity (Wildman–Crippen MR) is 60.6 cm³/mol. The van der Waals surface area contributed by atoms with Gasteiger partial charge in [-0.15, -0.1) is 0 Å². The van der Waals surface area contributed by atoms with Gasteiger partial charge in [0.1, 0.15) is 12.6 Å². The van der Waals surface area contributed by atoms with Crippen molar-refractivity contribution >= 4 is 6.72 Å². The molecule has 0 atom stereocenters. The van der Waals surface area contributed by atoms with Crippen LogP contribution in [0.25, 0.3) is 5.32 Å². The van der Waals surface area contributed by atoms with Crippen molar-refractivity contribution in [3.8, 4) is 0 Å². The van der Waals surface area contributed by atoms with Crippen LogP contribution in [0.2, 0.25) is 0 Å². The average molecular weight is 200 g/mol. The Morgan fingerprint density at radius 1 is 1.53 bits per heavy atom. The van der Waals surface area contributed by atoms with Crippen LogP contribution in [-0.4, -0.2) is 30.9 Å². The van der Waals surface area contributed by atoms with Crippen LogP contribution in [-0.2, 0) is 0 Å². The summed E-state index contributed by atoms with van der Waals surface area (Å²) in [7, 11) is 0. The van der Waals surface area contributed by atoms with E-state index in [2.05, 4.69) is 34.1 Å². The maximum atomic E-state index is 4.50. The summed E-state index contributed by atoms with van der Waals surface area (Å²) in [6, 6.07) is 1.24. The summed E-state index contributed by atoms with van der Waals surface area (Å²) in [5.74, 6) is 0. The Hall–Kier alpha value is -1.48. The molecule has 3 heteroatoms. The topological polar surface area (TPSA) is 29.1 Å². The molecule has 78 valence electrons. The highest BCUT2D eigenvalue weighted by Crippen LogP contribution is 2.38. The van der Waals surface area contributed by atoms with E-state index >= 15 is 0 Å². The average Bonchev–Trinajstić information content (AvgIpc) is 2.88. The fourth-order valence-electron chi connectivity index (χ4n) is 2.32. The molecule has 0 saturated carbocycles. The Balaban J connectivity index is 2.00. The molecule has 0 unspecified atom stereocenters. The molecule has 0 spiro atoms. The second-order valence-electron chi connectivity index (χ2n) is 4.03. The van der Waals surface area contributed by atoms with E-state index in [0.717, 1.165) is 26.1 Å². The molecule has 0 aromatic rings. The standard InChI is InChI=1S/C12H14N3/c1-15-7-4-10-11(15)3-6-14-12(10)9-2-5-13-8-9/h2-3,6,13H,1,4-5,7-8H2/q-1. The van der Waals surface area contributed by atoms with Gasteiger partial charge in [-0.3, -0.25) is 10.8 Å². The highest BCUT2D eigenvalue weighted by Gasteiger charge is 2.25. The van der Waals surface area contributed by atoms with Crippen molar-refractivity contribution in [2.75, 3.05) is 19.6 Å². The molecular formula is C12H14N3-. The van der Waals surface area contributed by atoms with Crippen molar-refractivity contribution in [2.24, 2.45) is 0 Å². The van der Waals surface area contributed by atoms with E-state index in [0.29, 0.717) is 0 Å². The normalized spacial score (nSPS) is 24.4. The van der Waals surface area contributed by atoms with Crippen LogP contribution in [0.3, 0.4) is 0 Å². The van der Waals surface area contributed by atoms with Gasteiger partial charge in [-0.2, -0.15) is 0 Å². The molecule has 15 heavy (non-hydrogen) atoms. The highest BCUT2D eigenvalue weighted by molar-refractivity contribution is 5.57. The third-order valence-electron chi connectivity index (χ3n) is 3.12. The Labute approximate surface area is 89.9 Å². The van der Waals surface area contributed by atoms with Crippen LogP contribution in [0.15, 0.2) is 35.2 Å². The summed E-state index contributed by atoms with van der Waals surface area (Å²) in [5.41, 5.74) is 3.87. The first kappa shape index (κ1) is 8.80. The first-order valence-electron chi connectivity index (χ1n) is 5.32. The van der Waals surface area contributed by atoms with Crippen molar-refractivity contribution in [3.05, 3.63) is 46.6 Å². The largest absolute Gasteiger partial charge is 0.750 e. The zero-order chi connectivity index (χ0) is 10.3. The number of rotatable bonds is 1. The molecule has 3 nitrogen and oxygen atoms in total. The number of fused-ring (bicyclic) bond motifs is 1. The summed E-state index contributed by atoms with van der Waals surface area (Å²) in [4.78, 5) is 0. The smallest absolute Gasteiger partial charge is 0.133 e. The van der Waals surface area contributed by atoms with Crippen molar-refractivity contribution in [2.45, 2.75) is 6.42 Å². The Kier molecular flexibility index (Phi) is 1.92. The van der Waals surface area contributed by atoms with Crippen molar-refractivity contribution < 1.29 is 4.58 Å². The van der Waals surface area contributed by atoms with E-state index in [9.17, 15) is 0 Å². The summed E-state index contributed by atoms with van der Waals surface area (Å²) < 4.78 is 2.06. The van der Waals surface area contributed by atoms with E-state index < -0.39 is 0 Å². The van der Waals surface area contributed by atoms with E-state index in [-0.39, 0.29) is 0 Å². The third kappa shape index (κ3) is 1.31.